The van der Waals surface area contributed by atoms with Crippen LogP contribution in [0.4, 0.5) is 17.5 Å². The van der Waals surface area contributed by atoms with Gasteiger partial charge in [-0.25, -0.2) is 4.98 Å². The van der Waals surface area contributed by atoms with Crippen molar-refractivity contribution in [3.63, 3.8) is 0 Å². The van der Waals surface area contributed by atoms with Gasteiger partial charge in [-0.1, -0.05) is 41.9 Å². The third-order valence-corrected chi connectivity index (χ3v) is 4.70. The topological polar surface area (TPSA) is 41.1 Å². The monoisotopic (exact) mass is 350 g/mol. The predicted octanol–water partition coefficient (Wildman–Crippen LogP) is 4.82. The summed E-state index contributed by atoms with van der Waals surface area (Å²) in [6.45, 7) is 2.90. The number of hydrogen-bond acceptors (Lipinski definition) is 4. The second kappa shape index (κ2) is 6.73. The minimum Gasteiger partial charge on any atom is -0.366 e. The van der Waals surface area contributed by atoms with Crippen LogP contribution in [0.25, 0.3) is 0 Å². The Kier molecular flexibility index (Phi) is 4.28. The molecule has 4 rings (SSSR count). The van der Waals surface area contributed by atoms with Crippen molar-refractivity contribution in [3.8, 4) is 0 Å². The van der Waals surface area contributed by atoms with E-state index in [2.05, 4.69) is 46.4 Å². The highest BCUT2D eigenvalue weighted by molar-refractivity contribution is 6.30. The molecule has 0 amide bonds. The van der Waals surface area contributed by atoms with Crippen molar-refractivity contribution >= 4 is 29.1 Å². The lowest BCUT2D eigenvalue weighted by Gasteiger charge is -2.23. The normalized spacial score (nSPS) is 15.9. The predicted molar refractivity (Wildman–Crippen MR) is 103 cm³/mol. The highest BCUT2D eigenvalue weighted by atomic mass is 35.5. The summed E-state index contributed by atoms with van der Waals surface area (Å²) in [6.07, 6.45) is 2.82. The molecule has 3 aromatic rings. The number of para-hydroxylation sites is 1. The summed E-state index contributed by atoms with van der Waals surface area (Å²) in [6, 6.07) is 18.5. The van der Waals surface area contributed by atoms with Crippen LogP contribution in [0, 0.1) is 0 Å². The van der Waals surface area contributed by atoms with Crippen LogP contribution in [0.15, 0.2) is 60.8 Å². The number of anilines is 3. The molecule has 0 bridgehead atoms. The van der Waals surface area contributed by atoms with E-state index < -0.39 is 0 Å². The van der Waals surface area contributed by atoms with Crippen molar-refractivity contribution in [2.45, 2.75) is 25.9 Å². The maximum absolute atomic E-state index is 5.93. The third kappa shape index (κ3) is 3.30. The Bertz CT molecular complexity index is 879. The van der Waals surface area contributed by atoms with Gasteiger partial charge in [0.25, 0.3) is 0 Å². The van der Waals surface area contributed by atoms with E-state index in [0.29, 0.717) is 12.6 Å². The zero-order chi connectivity index (χ0) is 17.2. The van der Waals surface area contributed by atoms with Crippen LogP contribution in [0.5, 0.6) is 0 Å². The smallest absolute Gasteiger partial charge is 0.232 e. The molecule has 5 heteroatoms. The molecule has 2 aromatic carbocycles. The van der Waals surface area contributed by atoms with E-state index in [1.165, 1.54) is 11.3 Å². The molecular formula is C20H19ClN4. The van der Waals surface area contributed by atoms with Crippen molar-refractivity contribution in [2.75, 3.05) is 10.2 Å². The molecule has 0 radical (unpaired) electrons. The van der Waals surface area contributed by atoms with Crippen molar-refractivity contribution in [2.24, 2.45) is 0 Å². The van der Waals surface area contributed by atoms with Gasteiger partial charge in [0, 0.05) is 29.5 Å². The molecule has 0 spiro atoms. The largest absolute Gasteiger partial charge is 0.366 e. The average Bonchev–Trinajstić information content (AvgIpc) is 2.97. The fraction of sp³-hybridized carbons (Fsp3) is 0.200. The van der Waals surface area contributed by atoms with Gasteiger partial charge >= 0.3 is 0 Å². The molecule has 25 heavy (non-hydrogen) atoms. The summed E-state index contributed by atoms with van der Waals surface area (Å²) < 4.78 is 0. The first-order valence-corrected chi connectivity index (χ1v) is 8.77. The van der Waals surface area contributed by atoms with Crippen molar-refractivity contribution in [1.82, 2.24) is 9.97 Å². The lowest BCUT2D eigenvalue weighted by Crippen LogP contribution is -2.26. The lowest BCUT2D eigenvalue weighted by atomic mass is 10.1. The number of aromatic nitrogens is 2. The fourth-order valence-corrected chi connectivity index (χ4v) is 3.35. The quantitative estimate of drug-likeness (QED) is 0.732. The summed E-state index contributed by atoms with van der Waals surface area (Å²) >= 11 is 5.93. The Morgan fingerprint density at radius 2 is 1.92 bits per heavy atom. The van der Waals surface area contributed by atoms with E-state index in [1.807, 2.05) is 30.3 Å². The Morgan fingerprint density at radius 1 is 1.12 bits per heavy atom. The molecule has 1 N–H and O–H groups in total. The maximum atomic E-state index is 5.93. The van der Waals surface area contributed by atoms with Crippen LogP contribution in [-0.4, -0.2) is 16.0 Å². The van der Waals surface area contributed by atoms with Crippen LogP contribution in [0.2, 0.25) is 5.02 Å². The summed E-state index contributed by atoms with van der Waals surface area (Å²) in [5.41, 5.74) is 3.70. The molecular weight excluding hydrogens is 332 g/mol. The number of hydrogen-bond donors (Lipinski definition) is 1. The number of halogens is 1. The SMILES string of the molecule is CC1Cc2ccccc2N1c1nccc(NCc2ccc(Cl)cc2)n1. The number of rotatable bonds is 4. The van der Waals surface area contributed by atoms with Crippen LogP contribution >= 0.6 is 11.6 Å². The number of fused-ring (bicyclic) bond motifs is 1. The molecule has 1 aliphatic heterocycles. The van der Waals surface area contributed by atoms with E-state index in [4.69, 9.17) is 16.6 Å². The Labute approximate surface area is 152 Å². The molecule has 1 unspecified atom stereocenters. The van der Waals surface area contributed by atoms with Crippen molar-refractivity contribution in [3.05, 3.63) is 76.9 Å². The summed E-state index contributed by atoms with van der Waals surface area (Å²) in [5.74, 6) is 1.55. The first-order valence-electron chi connectivity index (χ1n) is 8.39. The molecule has 0 saturated heterocycles. The molecule has 1 aliphatic rings. The maximum Gasteiger partial charge on any atom is 0.232 e. The molecule has 126 valence electrons. The van der Waals surface area contributed by atoms with Gasteiger partial charge < -0.3 is 10.2 Å². The second-order valence-corrected chi connectivity index (χ2v) is 6.71. The van der Waals surface area contributed by atoms with E-state index in [1.54, 1.807) is 6.20 Å². The number of nitrogens with one attached hydrogen (secondary N) is 1. The molecule has 4 nitrogen and oxygen atoms in total. The fourth-order valence-electron chi connectivity index (χ4n) is 3.23. The molecule has 0 aliphatic carbocycles. The number of benzene rings is 2. The Hall–Kier alpha value is -2.59. The Balaban J connectivity index is 1.54. The highest BCUT2D eigenvalue weighted by Gasteiger charge is 2.28. The highest BCUT2D eigenvalue weighted by Crippen LogP contribution is 2.36. The van der Waals surface area contributed by atoms with Crippen LogP contribution in [-0.2, 0) is 13.0 Å². The van der Waals surface area contributed by atoms with Crippen LogP contribution in [0.1, 0.15) is 18.1 Å². The van der Waals surface area contributed by atoms with Gasteiger partial charge in [0.2, 0.25) is 5.95 Å². The minimum atomic E-state index is 0.351. The second-order valence-electron chi connectivity index (χ2n) is 6.27. The van der Waals surface area contributed by atoms with Gasteiger partial charge in [-0.05, 0) is 48.7 Å². The first-order chi connectivity index (χ1) is 12.2. The lowest BCUT2D eigenvalue weighted by molar-refractivity contribution is 0.740. The summed E-state index contributed by atoms with van der Waals surface area (Å²) in [7, 11) is 0. The standard InChI is InChI=1S/C20H19ClN4/c1-14-12-16-4-2-3-5-18(16)25(14)20-22-11-10-19(24-20)23-13-15-6-8-17(21)9-7-15/h2-11,14H,12-13H2,1H3,(H,22,23,24). The van der Waals surface area contributed by atoms with Gasteiger partial charge in [-0.3, -0.25) is 0 Å². The van der Waals surface area contributed by atoms with E-state index in [0.717, 1.165) is 28.8 Å². The zero-order valence-electron chi connectivity index (χ0n) is 14.0. The average molecular weight is 351 g/mol. The number of nitrogens with zero attached hydrogens (tertiary/aromatic N) is 3. The summed E-state index contributed by atoms with van der Waals surface area (Å²) in [5, 5.41) is 4.11. The van der Waals surface area contributed by atoms with Crippen molar-refractivity contribution in [1.29, 1.82) is 0 Å². The van der Waals surface area contributed by atoms with E-state index >= 15 is 0 Å². The van der Waals surface area contributed by atoms with Crippen molar-refractivity contribution < 1.29 is 0 Å². The van der Waals surface area contributed by atoms with E-state index in [-0.39, 0.29) is 0 Å². The Morgan fingerprint density at radius 3 is 2.76 bits per heavy atom. The third-order valence-electron chi connectivity index (χ3n) is 4.45. The molecule has 0 fully saturated rings. The van der Waals surface area contributed by atoms with Gasteiger partial charge in [0.1, 0.15) is 5.82 Å². The molecule has 0 saturated carbocycles. The van der Waals surface area contributed by atoms with E-state index in [9.17, 15) is 0 Å². The molecule has 2 heterocycles. The zero-order valence-corrected chi connectivity index (χ0v) is 14.7. The van der Waals surface area contributed by atoms with Gasteiger partial charge in [-0.2, -0.15) is 4.98 Å². The first kappa shape index (κ1) is 15.9. The molecule has 1 atom stereocenters. The molecule has 1 aromatic heterocycles. The summed E-state index contributed by atoms with van der Waals surface area (Å²) in [4.78, 5) is 11.4. The minimum absolute atomic E-state index is 0.351. The van der Waals surface area contributed by atoms with Gasteiger partial charge in [0.05, 0.1) is 0 Å². The van der Waals surface area contributed by atoms with Gasteiger partial charge in [0.15, 0.2) is 0 Å². The van der Waals surface area contributed by atoms with Gasteiger partial charge in [-0.15, -0.1) is 0 Å². The van der Waals surface area contributed by atoms with Crippen LogP contribution in [0.3, 0.4) is 0 Å². The van der Waals surface area contributed by atoms with Crippen LogP contribution < -0.4 is 10.2 Å².